The number of carbonyl (C=O) groups is 2. The lowest BCUT2D eigenvalue weighted by Crippen LogP contribution is -2.32. The lowest BCUT2D eigenvalue weighted by Gasteiger charge is -2.19. The van der Waals surface area contributed by atoms with Crippen molar-refractivity contribution in [3.05, 3.63) is 53.9 Å². The third kappa shape index (κ3) is 4.20. The molecule has 1 aromatic carbocycles. The molecule has 2 aromatic rings. The first-order chi connectivity index (χ1) is 12.7. The SMILES string of the molecule is COc1ccccc1NC(=O)c1cccc(C(=O)N2CCCCCC2)n1. The van der Waals surface area contributed by atoms with Gasteiger partial charge in [-0.15, -0.1) is 0 Å². The number of carbonyl (C=O) groups excluding carboxylic acids is 2. The number of nitrogens with zero attached hydrogens (tertiary/aromatic N) is 2. The Balaban J connectivity index is 1.75. The Morgan fingerprint density at radius 3 is 2.38 bits per heavy atom. The fourth-order valence-corrected chi connectivity index (χ4v) is 3.05. The van der Waals surface area contributed by atoms with E-state index in [2.05, 4.69) is 10.3 Å². The second-order valence-corrected chi connectivity index (χ2v) is 6.27. The number of likely N-dealkylation sites (tertiary alicyclic amines) is 1. The summed E-state index contributed by atoms with van der Waals surface area (Å²) in [5.74, 6) is 0.0801. The van der Waals surface area contributed by atoms with E-state index in [1.807, 2.05) is 17.0 Å². The standard InChI is InChI=1S/C20H23N3O3/c1-26-18-12-5-4-9-15(18)22-19(24)16-10-8-11-17(21-16)20(25)23-13-6-2-3-7-14-23/h4-5,8-12H,2-3,6-7,13-14H2,1H3,(H,22,24). The lowest BCUT2D eigenvalue weighted by molar-refractivity contribution is 0.0755. The Hall–Kier alpha value is -2.89. The zero-order valence-electron chi connectivity index (χ0n) is 14.9. The number of rotatable bonds is 4. The molecule has 2 heterocycles. The summed E-state index contributed by atoms with van der Waals surface area (Å²) in [5, 5.41) is 2.78. The van der Waals surface area contributed by atoms with E-state index in [4.69, 9.17) is 4.74 Å². The van der Waals surface area contributed by atoms with Crippen LogP contribution in [0.2, 0.25) is 0 Å². The van der Waals surface area contributed by atoms with Crippen molar-refractivity contribution in [2.45, 2.75) is 25.7 Å². The largest absolute Gasteiger partial charge is 0.495 e. The average molecular weight is 353 g/mol. The third-order valence-electron chi connectivity index (χ3n) is 4.45. The van der Waals surface area contributed by atoms with E-state index in [0.29, 0.717) is 17.1 Å². The van der Waals surface area contributed by atoms with Crippen molar-refractivity contribution >= 4 is 17.5 Å². The Labute approximate surface area is 153 Å². The van der Waals surface area contributed by atoms with Crippen LogP contribution in [0.15, 0.2) is 42.5 Å². The van der Waals surface area contributed by atoms with E-state index >= 15 is 0 Å². The molecule has 1 aromatic heterocycles. The highest BCUT2D eigenvalue weighted by molar-refractivity contribution is 6.04. The molecule has 0 spiro atoms. The number of methoxy groups -OCH3 is 1. The number of hydrogen-bond donors (Lipinski definition) is 1. The summed E-state index contributed by atoms with van der Waals surface area (Å²) in [6.45, 7) is 1.50. The molecule has 1 N–H and O–H groups in total. The maximum atomic E-state index is 12.7. The minimum absolute atomic E-state index is 0.112. The van der Waals surface area contributed by atoms with Crippen molar-refractivity contribution < 1.29 is 14.3 Å². The number of ether oxygens (including phenoxy) is 1. The summed E-state index contributed by atoms with van der Waals surface area (Å²) in [5.41, 5.74) is 1.07. The number of anilines is 1. The van der Waals surface area contributed by atoms with Crippen LogP contribution in [0.25, 0.3) is 0 Å². The Bertz CT molecular complexity index is 783. The fraction of sp³-hybridized carbons (Fsp3) is 0.350. The van der Waals surface area contributed by atoms with Crippen molar-refractivity contribution in [1.82, 2.24) is 9.88 Å². The number of aromatic nitrogens is 1. The van der Waals surface area contributed by atoms with Gasteiger partial charge in [-0.2, -0.15) is 0 Å². The van der Waals surface area contributed by atoms with Gasteiger partial charge in [0.05, 0.1) is 12.8 Å². The van der Waals surface area contributed by atoms with Crippen LogP contribution in [-0.4, -0.2) is 41.9 Å². The number of nitrogens with one attached hydrogen (secondary N) is 1. The number of para-hydroxylation sites is 2. The second-order valence-electron chi connectivity index (χ2n) is 6.27. The first-order valence-electron chi connectivity index (χ1n) is 8.90. The molecule has 0 aliphatic carbocycles. The molecule has 0 bridgehead atoms. The van der Waals surface area contributed by atoms with Crippen LogP contribution in [0.5, 0.6) is 5.75 Å². The molecular weight excluding hydrogens is 330 g/mol. The van der Waals surface area contributed by atoms with E-state index in [0.717, 1.165) is 38.8 Å². The highest BCUT2D eigenvalue weighted by atomic mass is 16.5. The molecule has 6 nitrogen and oxygen atoms in total. The summed E-state index contributed by atoms with van der Waals surface area (Å²) >= 11 is 0. The van der Waals surface area contributed by atoms with E-state index in [9.17, 15) is 9.59 Å². The highest BCUT2D eigenvalue weighted by Gasteiger charge is 2.20. The number of pyridine rings is 1. The Morgan fingerprint density at radius 1 is 0.962 bits per heavy atom. The van der Waals surface area contributed by atoms with Crippen LogP contribution >= 0.6 is 0 Å². The molecule has 0 radical (unpaired) electrons. The molecule has 0 atom stereocenters. The number of hydrogen-bond acceptors (Lipinski definition) is 4. The summed E-state index contributed by atoms with van der Waals surface area (Å²) in [7, 11) is 1.55. The zero-order chi connectivity index (χ0) is 18.4. The van der Waals surface area contributed by atoms with E-state index in [1.165, 1.54) is 0 Å². The van der Waals surface area contributed by atoms with Gasteiger partial charge in [-0.05, 0) is 37.1 Å². The molecule has 2 amide bonds. The Morgan fingerprint density at radius 2 is 1.65 bits per heavy atom. The fourth-order valence-electron chi connectivity index (χ4n) is 3.05. The molecule has 0 saturated carbocycles. The maximum absolute atomic E-state index is 12.7. The summed E-state index contributed by atoms with van der Waals surface area (Å²) in [4.78, 5) is 31.3. The van der Waals surface area contributed by atoms with E-state index in [1.54, 1.807) is 37.4 Å². The number of amides is 2. The normalized spacial score (nSPS) is 14.4. The van der Waals surface area contributed by atoms with Crippen molar-refractivity contribution in [3.8, 4) is 5.75 Å². The quantitative estimate of drug-likeness (QED) is 0.915. The molecule has 3 rings (SSSR count). The van der Waals surface area contributed by atoms with Crippen LogP contribution in [-0.2, 0) is 0 Å². The molecule has 1 aliphatic rings. The zero-order valence-corrected chi connectivity index (χ0v) is 14.9. The van der Waals surface area contributed by atoms with Gasteiger partial charge in [-0.25, -0.2) is 4.98 Å². The topological polar surface area (TPSA) is 71.5 Å². The van der Waals surface area contributed by atoms with Crippen LogP contribution in [0.3, 0.4) is 0 Å². The molecule has 26 heavy (non-hydrogen) atoms. The highest BCUT2D eigenvalue weighted by Crippen LogP contribution is 2.23. The Kier molecular flexibility index (Phi) is 5.84. The van der Waals surface area contributed by atoms with Gasteiger partial charge in [0.1, 0.15) is 17.1 Å². The predicted octanol–water partition coefficient (Wildman–Crippen LogP) is 3.36. The van der Waals surface area contributed by atoms with Crippen LogP contribution in [0.1, 0.15) is 46.7 Å². The van der Waals surface area contributed by atoms with Gasteiger partial charge < -0.3 is 15.0 Å². The van der Waals surface area contributed by atoms with Gasteiger partial charge in [0, 0.05) is 13.1 Å². The lowest BCUT2D eigenvalue weighted by atomic mass is 10.2. The van der Waals surface area contributed by atoms with Gasteiger partial charge in [0.15, 0.2) is 0 Å². The van der Waals surface area contributed by atoms with Crippen molar-refractivity contribution in [3.63, 3.8) is 0 Å². The summed E-state index contributed by atoms with van der Waals surface area (Å²) in [6, 6.07) is 12.1. The first kappa shape index (κ1) is 17.9. The smallest absolute Gasteiger partial charge is 0.274 e. The van der Waals surface area contributed by atoms with E-state index < -0.39 is 0 Å². The first-order valence-corrected chi connectivity index (χ1v) is 8.90. The molecular formula is C20H23N3O3. The molecule has 0 unspecified atom stereocenters. The van der Waals surface area contributed by atoms with Gasteiger partial charge >= 0.3 is 0 Å². The van der Waals surface area contributed by atoms with Crippen molar-refractivity contribution in [1.29, 1.82) is 0 Å². The summed E-state index contributed by atoms with van der Waals surface area (Å²) < 4.78 is 5.24. The number of benzene rings is 1. The van der Waals surface area contributed by atoms with Gasteiger partial charge in [-0.1, -0.05) is 31.0 Å². The van der Waals surface area contributed by atoms with Crippen LogP contribution in [0.4, 0.5) is 5.69 Å². The summed E-state index contributed by atoms with van der Waals surface area (Å²) in [6.07, 6.45) is 4.33. The minimum Gasteiger partial charge on any atom is -0.495 e. The molecule has 1 fully saturated rings. The van der Waals surface area contributed by atoms with Gasteiger partial charge in [-0.3, -0.25) is 9.59 Å². The van der Waals surface area contributed by atoms with Gasteiger partial charge in [0.2, 0.25) is 0 Å². The minimum atomic E-state index is -0.375. The average Bonchev–Trinajstić information content (AvgIpc) is 2.97. The predicted molar refractivity (Wildman–Crippen MR) is 99.6 cm³/mol. The molecule has 1 saturated heterocycles. The monoisotopic (exact) mass is 353 g/mol. The van der Waals surface area contributed by atoms with Crippen LogP contribution in [0, 0.1) is 0 Å². The maximum Gasteiger partial charge on any atom is 0.274 e. The van der Waals surface area contributed by atoms with Crippen molar-refractivity contribution in [2.75, 3.05) is 25.5 Å². The molecule has 136 valence electrons. The van der Waals surface area contributed by atoms with E-state index in [-0.39, 0.29) is 17.5 Å². The second kappa shape index (κ2) is 8.47. The molecule has 1 aliphatic heterocycles. The third-order valence-corrected chi connectivity index (χ3v) is 4.45. The van der Waals surface area contributed by atoms with Gasteiger partial charge in [0.25, 0.3) is 11.8 Å². The van der Waals surface area contributed by atoms with Crippen molar-refractivity contribution in [2.24, 2.45) is 0 Å². The molecule has 6 heteroatoms. The van der Waals surface area contributed by atoms with Crippen LogP contribution < -0.4 is 10.1 Å².